The summed E-state index contributed by atoms with van der Waals surface area (Å²) in [5.41, 5.74) is 1.30. The number of imidazole rings is 1. The number of carbonyl (C=O) groups is 1. The van der Waals surface area contributed by atoms with Crippen LogP contribution in [0.5, 0.6) is 0 Å². The van der Waals surface area contributed by atoms with Gasteiger partial charge in [0.1, 0.15) is 11.5 Å². The molecule has 8 nitrogen and oxygen atoms in total. The van der Waals surface area contributed by atoms with Gasteiger partial charge < -0.3 is 9.47 Å². The van der Waals surface area contributed by atoms with E-state index in [0.29, 0.717) is 62.6 Å². The number of pyridine rings is 1. The Hall–Kier alpha value is -3.79. The molecule has 0 N–H and O–H groups in total. The molecule has 0 spiro atoms. The van der Waals surface area contributed by atoms with E-state index in [2.05, 4.69) is 24.6 Å². The van der Waals surface area contributed by atoms with Crippen LogP contribution < -0.4 is 0 Å². The first kappa shape index (κ1) is 24.5. The van der Waals surface area contributed by atoms with E-state index in [1.807, 2.05) is 24.3 Å². The fraction of sp³-hybridized carbons (Fsp3) is 0.393. The highest BCUT2D eigenvalue weighted by molar-refractivity contribution is 5.85. The topological polar surface area (TPSA) is 80.0 Å². The summed E-state index contributed by atoms with van der Waals surface area (Å²) in [4.78, 5) is 26.3. The Morgan fingerprint density at radius 2 is 1.82 bits per heavy atom. The smallest absolute Gasteiger partial charge is 0.260 e. The molecule has 2 aliphatic heterocycles. The van der Waals surface area contributed by atoms with Crippen molar-refractivity contribution in [1.82, 2.24) is 34.5 Å². The minimum Gasteiger partial charge on any atom is -0.340 e. The quantitative estimate of drug-likeness (QED) is 0.395. The number of amides is 1. The molecule has 3 aromatic heterocycles. The number of hydrogen-bond acceptors (Lipinski definition) is 6. The van der Waals surface area contributed by atoms with Crippen LogP contribution >= 0.6 is 0 Å². The molecule has 4 aromatic rings. The van der Waals surface area contributed by atoms with Gasteiger partial charge in [-0.25, -0.2) is 13.8 Å². The van der Waals surface area contributed by atoms with Gasteiger partial charge in [0.05, 0.1) is 17.2 Å². The minimum atomic E-state index is -1.84. The van der Waals surface area contributed by atoms with E-state index in [-0.39, 0.29) is 24.7 Å². The number of fused-ring (bicyclic) bond motifs is 1. The van der Waals surface area contributed by atoms with Gasteiger partial charge in [0, 0.05) is 70.1 Å². The van der Waals surface area contributed by atoms with Gasteiger partial charge >= 0.3 is 0 Å². The molecule has 0 bridgehead atoms. The van der Waals surface area contributed by atoms with Crippen molar-refractivity contribution in [1.29, 1.82) is 0 Å². The fourth-order valence-corrected chi connectivity index (χ4v) is 5.68. The number of aromatic nitrogens is 5. The highest BCUT2D eigenvalue weighted by Gasteiger charge is 2.45. The predicted molar refractivity (Wildman–Crippen MR) is 138 cm³/mol. The molecule has 6 rings (SSSR count). The first-order valence-corrected chi connectivity index (χ1v) is 13.1. The zero-order valence-electron chi connectivity index (χ0n) is 21.0. The lowest BCUT2D eigenvalue weighted by Crippen LogP contribution is -2.53. The highest BCUT2D eigenvalue weighted by Crippen LogP contribution is 2.35. The molecule has 5 heterocycles. The second kappa shape index (κ2) is 10.2. The molecule has 1 amide bonds. The molecule has 2 aliphatic rings. The van der Waals surface area contributed by atoms with Crippen molar-refractivity contribution in [3.63, 3.8) is 0 Å². The Morgan fingerprint density at radius 3 is 2.53 bits per heavy atom. The molecule has 0 radical (unpaired) electrons. The van der Waals surface area contributed by atoms with Crippen molar-refractivity contribution in [2.45, 2.75) is 43.9 Å². The SMILES string of the molecule is O=C(N1CCC(n2c(-c3ccccn3)nc3cc(F)ccc32)CC1)C1(F)CCN(Cc2ccnnc2)CC1. The number of hydrogen-bond donors (Lipinski definition) is 0. The van der Waals surface area contributed by atoms with Crippen LogP contribution in [0.15, 0.2) is 61.1 Å². The summed E-state index contributed by atoms with van der Waals surface area (Å²) in [6, 6.07) is 12.2. The van der Waals surface area contributed by atoms with Gasteiger partial charge in [0.15, 0.2) is 11.5 Å². The fourth-order valence-electron chi connectivity index (χ4n) is 5.68. The van der Waals surface area contributed by atoms with Gasteiger partial charge in [0.25, 0.3) is 5.91 Å². The lowest BCUT2D eigenvalue weighted by atomic mass is 9.90. The maximum atomic E-state index is 15.9. The van der Waals surface area contributed by atoms with E-state index in [1.54, 1.807) is 29.6 Å². The van der Waals surface area contributed by atoms with Crippen molar-refractivity contribution >= 4 is 16.9 Å². The third-order valence-electron chi connectivity index (χ3n) is 7.75. The highest BCUT2D eigenvalue weighted by atomic mass is 19.1. The van der Waals surface area contributed by atoms with Crippen LogP contribution in [0.4, 0.5) is 8.78 Å². The first-order chi connectivity index (χ1) is 18.5. The average Bonchev–Trinajstić information content (AvgIpc) is 3.34. The Morgan fingerprint density at radius 1 is 1.00 bits per heavy atom. The Kier molecular flexibility index (Phi) is 6.57. The largest absolute Gasteiger partial charge is 0.340 e. The Balaban J connectivity index is 1.14. The lowest BCUT2D eigenvalue weighted by molar-refractivity contribution is -0.148. The number of rotatable bonds is 5. The molecule has 38 heavy (non-hydrogen) atoms. The minimum absolute atomic E-state index is 0.0397. The van der Waals surface area contributed by atoms with Crippen LogP contribution in [0.1, 0.15) is 37.3 Å². The van der Waals surface area contributed by atoms with Crippen LogP contribution in [0.2, 0.25) is 0 Å². The van der Waals surface area contributed by atoms with Gasteiger partial charge in [-0.05, 0) is 48.7 Å². The number of piperidine rings is 2. The summed E-state index contributed by atoms with van der Waals surface area (Å²) in [6.45, 7) is 2.64. The molecule has 0 aliphatic carbocycles. The first-order valence-electron chi connectivity index (χ1n) is 13.1. The van der Waals surface area contributed by atoms with Gasteiger partial charge in [-0.15, -0.1) is 0 Å². The summed E-state index contributed by atoms with van der Waals surface area (Å²) < 4.78 is 31.9. The van der Waals surface area contributed by atoms with Crippen LogP contribution in [0.3, 0.4) is 0 Å². The van der Waals surface area contributed by atoms with Crippen LogP contribution in [0.25, 0.3) is 22.6 Å². The second-order valence-electron chi connectivity index (χ2n) is 10.2. The van der Waals surface area contributed by atoms with Gasteiger partial charge in [-0.3, -0.25) is 14.7 Å². The van der Waals surface area contributed by atoms with E-state index in [1.165, 1.54) is 12.1 Å². The zero-order chi connectivity index (χ0) is 26.1. The molecular weight excluding hydrogens is 488 g/mol. The number of likely N-dealkylation sites (tertiary alicyclic amines) is 2. The van der Waals surface area contributed by atoms with Crippen molar-refractivity contribution in [2.24, 2.45) is 0 Å². The Bertz CT molecular complexity index is 1410. The van der Waals surface area contributed by atoms with Crippen LogP contribution in [-0.2, 0) is 11.3 Å². The molecule has 0 atom stereocenters. The maximum absolute atomic E-state index is 15.9. The number of alkyl halides is 1. The second-order valence-corrected chi connectivity index (χ2v) is 10.2. The van der Waals surface area contributed by atoms with Gasteiger partial charge in [-0.2, -0.15) is 10.2 Å². The van der Waals surface area contributed by atoms with Gasteiger partial charge in [-0.1, -0.05) is 6.07 Å². The molecular formula is C28H29F2N7O. The summed E-state index contributed by atoms with van der Waals surface area (Å²) >= 11 is 0. The van der Waals surface area contributed by atoms with Gasteiger partial charge in [0.2, 0.25) is 0 Å². The number of nitrogens with zero attached hydrogens (tertiary/aromatic N) is 7. The van der Waals surface area contributed by atoms with Crippen molar-refractivity contribution in [2.75, 3.05) is 26.2 Å². The van der Waals surface area contributed by atoms with E-state index in [4.69, 9.17) is 4.98 Å². The summed E-state index contributed by atoms with van der Waals surface area (Å²) in [6.07, 6.45) is 6.76. The van der Waals surface area contributed by atoms with Crippen molar-refractivity contribution in [3.05, 3.63) is 72.4 Å². The monoisotopic (exact) mass is 517 g/mol. The molecule has 1 aromatic carbocycles. The summed E-state index contributed by atoms with van der Waals surface area (Å²) in [5, 5.41) is 7.69. The molecule has 10 heteroatoms. The zero-order valence-corrected chi connectivity index (χ0v) is 21.0. The van der Waals surface area contributed by atoms with Crippen molar-refractivity contribution < 1.29 is 13.6 Å². The average molecular weight is 518 g/mol. The maximum Gasteiger partial charge on any atom is 0.260 e. The van der Waals surface area contributed by atoms with E-state index < -0.39 is 11.6 Å². The lowest BCUT2D eigenvalue weighted by Gasteiger charge is -2.40. The van der Waals surface area contributed by atoms with Crippen LogP contribution in [0, 0.1) is 5.82 Å². The molecule has 0 unspecified atom stereocenters. The molecule has 2 fully saturated rings. The van der Waals surface area contributed by atoms with E-state index in [0.717, 1.165) is 11.1 Å². The van der Waals surface area contributed by atoms with Crippen molar-refractivity contribution in [3.8, 4) is 11.5 Å². The Labute approximate surface area is 219 Å². The third kappa shape index (κ3) is 4.76. The number of carbonyl (C=O) groups excluding carboxylic acids is 1. The van der Waals surface area contributed by atoms with Crippen LogP contribution in [-0.4, -0.2) is 72.3 Å². The standard InChI is InChI=1S/C28H29F2N7O/c29-21-4-5-25-24(17-21)34-26(23-3-1-2-11-31-23)37(25)22-7-13-36(14-8-22)27(38)28(30)9-15-35(16-10-28)19-20-6-12-32-33-18-20/h1-6,11-12,17-18,22H,7-10,13-16,19H2. The third-order valence-corrected chi connectivity index (χ3v) is 7.75. The molecule has 196 valence electrons. The predicted octanol–water partition coefficient (Wildman–Crippen LogP) is 4.20. The summed E-state index contributed by atoms with van der Waals surface area (Å²) in [7, 11) is 0. The van der Waals surface area contributed by atoms with E-state index in [9.17, 15) is 9.18 Å². The normalized spacial score (nSPS) is 18.6. The summed E-state index contributed by atoms with van der Waals surface area (Å²) in [5.74, 6) is -0.0646. The number of benzene rings is 1. The van der Waals surface area contributed by atoms with E-state index >= 15 is 4.39 Å². The molecule has 2 saturated heterocycles. The molecule has 0 saturated carbocycles. The number of halogens is 2.